The highest BCUT2D eigenvalue weighted by Gasteiger charge is 2.19. The highest BCUT2D eigenvalue weighted by atomic mass is 19.1. The van der Waals surface area contributed by atoms with Crippen LogP contribution in [0.5, 0.6) is 0 Å². The van der Waals surface area contributed by atoms with Crippen LogP contribution in [0.2, 0.25) is 0 Å². The summed E-state index contributed by atoms with van der Waals surface area (Å²) in [6.07, 6.45) is 3.28. The van der Waals surface area contributed by atoms with E-state index in [1.165, 1.54) is 6.07 Å². The number of hydrogen-bond acceptors (Lipinski definition) is 2. The second-order valence-corrected chi connectivity index (χ2v) is 4.80. The molecule has 0 saturated carbocycles. The lowest BCUT2D eigenvalue weighted by atomic mass is 10.0. The highest BCUT2D eigenvalue weighted by Crippen LogP contribution is 2.14. The molecule has 0 amide bonds. The van der Waals surface area contributed by atoms with Gasteiger partial charge in [-0.1, -0.05) is 45.4 Å². The molecule has 0 aliphatic carbocycles. The molecule has 1 rings (SSSR count). The highest BCUT2D eigenvalue weighted by molar-refractivity contribution is 5.16. The molecule has 1 aromatic carbocycles. The minimum absolute atomic E-state index is 0.138. The van der Waals surface area contributed by atoms with Crippen LogP contribution in [0, 0.1) is 5.82 Å². The first-order valence-electron chi connectivity index (χ1n) is 7.31. The van der Waals surface area contributed by atoms with Gasteiger partial charge in [-0.25, -0.2) is 4.39 Å². The van der Waals surface area contributed by atoms with Crippen molar-refractivity contribution in [2.45, 2.75) is 58.8 Å². The van der Waals surface area contributed by atoms with Gasteiger partial charge in [0.05, 0.1) is 12.7 Å². The molecule has 0 heterocycles. The molecular formula is C16H26FNO. The summed E-state index contributed by atoms with van der Waals surface area (Å²) in [6.45, 7) is 7.67. The van der Waals surface area contributed by atoms with E-state index in [0.717, 1.165) is 25.8 Å². The van der Waals surface area contributed by atoms with E-state index in [1.807, 2.05) is 6.07 Å². The molecule has 0 fully saturated rings. The summed E-state index contributed by atoms with van der Waals surface area (Å²) in [4.78, 5) is 0. The van der Waals surface area contributed by atoms with Crippen LogP contribution >= 0.6 is 0 Å². The molecule has 0 radical (unpaired) electrons. The van der Waals surface area contributed by atoms with Crippen molar-refractivity contribution < 1.29 is 9.13 Å². The monoisotopic (exact) mass is 267 g/mol. The normalized spacial score (nSPS) is 14.3. The van der Waals surface area contributed by atoms with Crippen molar-refractivity contribution in [2.75, 3.05) is 6.54 Å². The van der Waals surface area contributed by atoms with Crippen molar-refractivity contribution >= 4 is 0 Å². The number of nitrogens with one attached hydrogen (secondary N) is 1. The SMILES string of the molecule is CCCC(NCC)C(CC)OCc1ccccc1F. The molecule has 0 aromatic heterocycles. The maximum atomic E-state index is 13.5. The van der Waals surface area contributed by atoms with Gasteiger partial charge in [0.2, 0.25) is 0 Å². The Balaban J connectivity index is 2.58. The Bertz CT molecular complexity index is 350. The molecule has 0 spiro atoms. The Kier molecular flexibility index (Phi) is 7.68. The van der Waals surface area contributed by atoms with E-state index in [9.17, 15) is 4.39 Å². The van der Waals surface area contributed by atoms with Crippen molar-refractivity contribution in [3.63, 3.8) is 0 Å². The van der Waals surface area contributed by atoms with E-state index in [4.69, 9.17) is 4.74 Å². The zero-order valence-electron chi connectivity index (χ0n) is 12.3. The third kappa shape index (κ3) is 5.29. The van der Waals surface area contributed by atoms with E-state index < -0.39 is 0 Å². The van der Waals surface area contributed by atoms with E-state index in [2.05, 4.69) is 26.1 Å². The lowest BCUT2D eigenvalue weighted by Gasteiger charge is -2.27. The largest absolute Gasteiger partial charge is 0.372 e. The molecule has 108 valence electrons. The number of hydrogen-bond donors (Lipinski definition) is 1. The van der Waals surface area contributed by atoms with Crippen molar-refractivity contribution in [1.29, 1.82) is 0 Å². The zero-order chi connectivity index (χ0) is 14.1. The van der Waals surface area contributed by atoms with Crippen LogP contribution in [0.15, 0.2) is 24.3 Å². The predicted octanol–water partition coefficient (Wildman–Crippen LogP) is 3.90. The number of benzene rings is 1. The molecular weight excluding hydrogens is 241 g/mol. The Hall–Kier alpha value is -0.930. The van der Waals surface area contributed by atoms with Gasteiger partial charge in [0.25, 0.3) is 0 Å². The van der Waals surface area contributed by atoms with Crippen LogP contribution < -0.4 is 5.32 Å². The van der Waals surface area contributed by atoms with Gasteiger partial charge < -0.3 is 10.1 Å². The van der Waals surface area contributed by atoms with Crippen molar-refractivity contribution in [3.8, 4) is 0 Å². The van der Waals surface area contributed by atoms with Crippen LogP contribution in [0.3, 0.4) is 0 Å². The van der Waals surface area contributed by atoms with E-state index in [0.29, 0.717) is 18.2 Å². The average molecular weight is 267 g/mol. The lowest BCUT2D eigenvalue weighted by Crippen LogP contribution is -2.41. The first-order valence-corrected chi connectivity index (χ1v) is 7.31. The molecule has 0 aliphatic rings. The van der Waals surface area contributed by atoms with E-state index >= 15 is 0 Å². The van der Waals surface area contributed by atoms with Gasteiger partial charge in [-0.05, 0) is 25.5 Å². The van der Waals surface area contributed by atoms with Gasteiger partial charge in [-0.2, -0.15) is 0 Å². The molecule has 19 heavy (non-hydrogen) atoms. The quantitative estimate of drug-likeness (QED) is 0.732. The number of rotatable bonds is 9. The fraction of sp³-hybridized carbons (Fsp3) is 0.625. The zero-order valence-corrected chi connectivity index (χ0v) is 12.3. The Morgan fingerprint density at radius 3 is 2.53 bits per heavy atom. The van der Waals surface area contributed by atoms with E-state index in [-0.39, 0.29) is 11.9 Å². The molecule has 1 N–H and O–H groups in total. The second-order valence-electron chi connectivity index (χ2n) is 4.80. The molecule has 0 saturated heterocycles. The number of halogens is 1. The Morgan fingerprint density at radius 2 is 1.95 bits per heavy atom. The first kappa shape index (κ1) is 16.1. The minimum Gasteiger partial charge on any atom is -0.372 e. The summed E-state index contributed by atoms with van der Waals surface area (Å²) in [6, 6.07) is 7.16. The fourth-order valence-corrected chi connectivity index (χ4v) is 2.32. The number of likely N-dealkylation sites (N-methyl/N-ethyl adjacent to an activating group) is 1. The van der Waals surface area contributed by atoms with Gasteiger partial charge in [-0.15, -0.1) is 0 Å². The third-order valence-electron chi connectivity index (χ3n) is 3.33. The van der Waals surface area contributed by atoms with E-state index in [1.54, 1.807) is 12.1 Å². The maximum absolute atomic E-state index is 13.5. The summed E-state index contributed by atoms with van der Waals surface area (Å²) in [5.74, 6) is -0.187. The molecule has 0 aliphatic heterocycles. The predicted molar refractivity (Wildman–Crippen MR) is 77.6 cm³/mol. The Labute approximate surface area is 116 Å². The van der Waals surface area contributed by atoms with Gasteiger partial charge in [0, 0.05) is 11.6 Å². The molecule has 2 atom stereocenters. The summed E-state index contributed by atoms with van der Waals surface area (Å²) >= 11 is 0. The van der Waals surface area contributed by atoms with Gasteiger partial charge >= 0.3 is 0 Å². The minimum atomic E-state index is -0.187. The van der Waals surface area contributed by atoms with Gasteiger partial charge in [-0.3, -0.25) is 0 Å². The summed E-state index contributed by atoms with van der Waals surface area (Å²) in [7, 11) is 0. The molecule has 2 nitrogen and oxygen atoms in total. The Morgan fingerprint density at radius 1 is 1.21 bits per heavy atom. The molecule has 2 unspecified atom stereocenters. The van der Waals surface area contributed by atoms with Crippen LogP contribution in [0.4, 0.5) is 4.39 Å². The second kappa shape index (κ2) is 9.05. The maximum Gasteiger partial charge on any atom is 0.128 e. The molecule has 1 aromatic rings. The van der Waals surface area contributed by atoms with Crippen LogP contribution in [-0.2, 0) is 11.3 Å². The van der Waals surface area contributed by atoms with Gasteiger partial charge in [0.1, 0.15) is 5.82 Å². The standard InChI is InChI=1S/C16H26FNO/c1-4-9-15(18-6-3)16(5-2)19-12-13-10-7-8-11-14(13)17/h7-8,10-11,15-16,18H,4-6,9,12H2,1-3H3. The summed E-state index contributed by atoms with van der Waals surface area (Å²) in [5.41, 5.74) is 0.632. The van der Waals surface area contributed by atoms with Crippen molar-refractivity contribution in [3.05, 3.63) is 35.6 Å². The van der Waals surface area contributed by atoms with Gasteiger partial charge in [0.15, 0.2) is 0 Å². The average Bonchev–Trinajstić information content (AvgIpc) is 2.42. The smallest absolute Gasteiger partial charge is 0.128 e. The lowest BCUT2D eigenvalue weighted by molar-refractivity contribution is 0.00929. The summed E-state index contributed by atoms with van der Waals surface area (Å²) < 4.78 is 19.5. The van der Waals surface area contributed by atoms with Crippen LogP contribution in [0.1, 0.15) is 45.6 Å². The third-order valence-corrected chi connectivity index (χ3v) is 3.33. The first-order chi connectivity index (χ1) is 9.22. The van der Waals surface area contributed by atoms with Crippen LogP contribution in [-0.4, -0.2) is 18.7 Å². The van der Waals surface area contributed by atoms with Crippen molar-refractivity contribution in [2.24, 2.45) is 0 Å². The molecule has 3 heteroatoms. The number of ether oxygens (including phenoxy) is 1. The summed E-state index contributed by atoms with van der Waals surface area (Å²) in [5, 5.41) is 3.47. The fourth-order valence-electron chi connectivity index (χ4n) is 2.32. The molecule has 0 bridgehead atoms. The topological polar surface area (TPSA) is 21.3 Å². The van der Waals surface area contributed by atoms with Crippen LogP contribution in [0.25, 0.3) is 0 Å². The van der Waals surface area contributed by atoms with Crippen molar-refractivity contribution in [1.82, 2.24) is 5.32 Å².